The Hall–Kier alpha value is -0.810. The predicted molar refractivity (Wildman–Crippen MR) is 86.0 cm³/mol. The van der Waals surface area contributed by atoms with Gasteiger partial charge in [-0.3, -0.25) is 0 Å². The highest BCUT2D eigenvalue weighted by atomic mass is 35.5. The van der Waals surface area contributed by atoms with Crippen LogP contribution in [-0.4, -0.2) is 33.3 Å². The lowest BCUT2D eigenvalue weighted by molar-refractivity contribution is 0.0909. The molecule has 0 spiro atoms. The summed E-state index contributed by atoms with van der Waals surface area (Å²) < 4.78 is 2.09. The molecule has 2 atom stereocenters. The van der Waals surface area contributed by atoms with Crippen LogP contribution in [0.5, 0.6) is 0 Å². The quantitative estimate of drug-likeness (QED) is 0.906. The summed E-state index contributed by atoms with van der Waals surface area (Å²) in [5.74, 6) is 0. The van der Waals surface area contributed by atoms with E-state index in [-0.39, 0.29) is 12.1 Å². The molecule has 0 radical (unpaired) electrons. The number of fused-ring (bicyclic) bond motifs is 1. The van der Waals surface area contributed by atoms with Gasteiger partial charge < -0.3 is 15.0 Å². The average Bonchev–Trinajstić information content (AvgIpc) is 2.89. The third kappa shape index (κ3) is 3.19. The molecule has 1 saturated heterocycles. The van der Waals surface area contributed by atoms with E-state index in [0.717, 1.165) is 49.8 Å². The summed E-state index contributed by atoms with van der Waals surface area (Å²) in [7, 11) is 0. The van der Waals surface area contributed by atoms with Gasteiger partial charge in [0.15, 0.2) is 0 Å². The number of rotatable bonds is 4. The second-order valence-corrected chi connectivity index (χ2v) is 6.36. The van der Waals surface area contributed by atoms with Gasteiger partial charge >= 0.3 is 0 Å². The number of aryl methyl sites for hydroxylation is 1. The number of benzene rings is 1. The van der Waals surface area contributed by atoms with Crippen molar-refractivity contribution in [2.24, 2.45) is 0 Å². The normalized spacial score (nSPS) is 22.8. The Balaban J connectivity index is 1.64. The van der Waals surface area contributed by atoms with Crippen LogP contribution in [-0.2, 0) is 6.54 Å². The van der Waals surface area contributed by atoms with Gasteiger partial charge in [-0.25, -0.2) is 4.98 Å². The van der Waals surface area contributed by atoms with Crippen LogP contribution in [0.4, 0.5) is 0 Å². The Morgan fingerprint density at radius 3 is 3.05 bits per heavy atom. The molecule has 2 heterocycles. The number of aliphatic hydroxyl groups excluding tert-OH is 1. The molecule has 4 nitrogen and oxygen atoms in total. The number of nitrogens with one attached hydrogen (secondary N) is 1. The van der Waals surface area contributed by atoms with Crippen LogP contribution in [0.15, 0.2) is 18.5 Å². The van der Waals surface area contributed by atoms with E-state index in [9.17, 15) is 5.11 Å². The molecular weight excluding hydrogens is 309 g/mol. The van der Waals surface area contributed by atoms with Crippen molar-refractivity contribution < 1.29 is 5.11 Å². The highest BCUT2D eigenvalue weighted by molar-refractivity contribution is 6.44. The van der Waals surface area contributed by atoms with Crippen molar-refractivity contribution in [1.29, 1.82) is 0 Å². The number of hydrogen-bond acceptors (Lipinski definition) is 3. The van der Waals surface area contributed by atoms with Crippen LogP contribution in [0.3, 0.4) is 0 Å². The van der Waals surface area contributed by atoms with Crippen molar-refractivity contribution in [3.8, 4) is 0 Å². The number of aliphatic hydroxyl groups is 1. The lowest BCUT2D eigenvalue weighted by atomic mass is 9.97. The van der Waals surface area contributed by atoms with Gasteiger partial charge in [0.1, 0.15) is 5.52 Å². The Kier molecular flexibility index (Phi) is 4.69. The van der Waals surface area contributed by atoms with Crippen LogP contribution >= 0.6 is 23.2 Å². The van der Waals surface area contributed by atoms with Crippen LogP contribution in [0, 0.1) is 0 Å². The Morgan fingerprint density at radius 2 is 2.24 bits per heavy atom. The number of aromatic nitrogens is 2. The lowest BCUT2D eigenvalue weighted by Gasteiger charge is -2.29. The largest absolute Gasteiger partial charge is 0.392 e. The van der Waals surface area contributed by atoms with Gasteiger partial charge in [-0.15, -0.1) is 0 Å². The van der Waals surface area contributed by atoms with Crippen molar-refractivity contribution in [3.63, 3.8) is 0 Å². The van der Waals surface area contributed by atoms with E-state index in [2.05, 4.69) is 14.9 Å². The summed E-state index contributed by atoms with van der Waals surface area (Å²) >= 11 is 12.2. The van der Waals surface area contributed by atoms with Crippen LogP contribution < -0.4 is 5.32 Å². The minimum Gasteiger partial charge on any atom is -0.392 e. The van der Waals surface area contributed by atoms with E-state index in [1.54, 1.807) is 12.4 Å². The third-order valence-corrected chi connectivity index (χ3v) is 4.94. The average molecular weight is 328 g/mol. The minimum absolute atomic E-state index is 0.214. The van der Waals surface area contributed by atoms with Gasteiger partial charge in [0, 0.05) is 12.6 Å². The SMILES string of the molecule is O[C@H]1CCCN[C@@H]1CCCn1cnc2c(Cl)c(Cl)ccc21. The smallest absolute Gasteiger partial charge is 0.109 e. The zero-order valence-corrected chi connectivity index (χ0v) is 13.2. The van der Waals surface area contributed by atoms with Crippen molar-refractivity contribution in [2.45, 2.75) is 44.4 Å². The van der Waals surface area contributed by atoms with Gasteiger partial charge in [-0.05, 0) is 44.4 Å². The van der Waals surface area contributed by atoms with Crippen molar-refractivity contribution in [3.05, 3.63) is 28.5 Å². The standard InChI is InChI=1S/C15H19Cl2N3O/c16-10-5-6-12-15(14(10)17)19-9-20(12)8-2-3-11-13(21)4-1-7-18-11/h5-6,9,11,13,18,21H,1-4,7-8H2/t11-,13+/m1/s1. The van der Waals surface area contributed by atoms with Crippen molar-refractivity contribution in [2.75, 3.05) is 6.54 Å². The molecule has 2 aromatic rings. The van der Waals surface area contributed by atoms with Gasteiger partial charge in [-0.1, -0.05) is 23.2 Å². The third-order valence-electron chi connectivity index (χ3n) is 4.15. The summed E-state index contributed by atoms with van der Waals surface area (Å²) in [6.45, 7) is 1.86. The minimum atomic E-state index is -0.216. The second-order valence-electron chi connectivity index (χ2n) is 5.58. The van der Waals surface area contributed by atoms with Crippen molar-refractivity contribution >= 4 is 34.2 Å². The first-order valence-electron chi connectivity index (χ1n) is 7.37. The van der Waals surface area contributed by atoms with Crippen molar-refractivity contribution in [1.82, 2.24) is 14.9 Å². The molecule has 0 aliphatic carbocycles. The molecule has 0 saturated carbocycles. The molecule has 6 heteroatoms. The van der Waals surface area contributed by atoms with Crippen LogP contribution in [0.2, 0.25) is 10.0 Å². The van der Waals surface area contributed by atoms with E-state index in [4.69, 9.17) is 23.2 Å². The highest BCUT2D eigenvalue weighted by Crippen LogP contribution is 2.29. The first kappa shape index (κ1) is 15.1. The van der Waals surface area contributed by atoms with Gasteiger partial charge in [0.05, 0.1) is 28.0 Å². The van der Waals surface area contributed by atoms with Crippen LogP contribution in [0.1, 0.15) is 25.7 Å². The van der Waals surface area contributed by atoms with Gasteiger partial charge in [0.25, 0.3) is 0 Å². The second kappa shape index (κ2) is 6.53. The molecule has 21 heavy (non-hydrogen) atoms. The number of imidazole rings is 1. The Labute approximate surface area is 134 Å². The molecule has 0 amide bonds. The molecule has 1 aromatic carbocycles. The summed E-state index contributed by atoms with van der Waals surface area (Å²) in [6.07, 6.45) is 5.50. The molecular formula is C15H19Cl2N3O. The van der Waals surface area contributed by atoms with Gasteiger partial charge in [-0.2, -0.15) is 0 Å². The number of halogens is 2. The lowest BCUT2D eigenvalue weighted by Crippen LogP contribution is -2.44. The fourth-order valence-corrected chi connectivity index (χ4v) is 3.33. The topological polar surface area (TPSA) is 50.1 Å². The van der Waals surface area contributed by atoms with Gasteiger partial charge in [0.2, 0.25) is 0 Å². The maximum atomic E-state index is 9.95. The molecule has 1 aliphatic rings. The number of piperidine rings is 1. The van der Waals surface area contributed by atoms with E-state index in [1.807, 2.05) is 6.07 Å². The Bertz CT molecular complexity index is 629. The maximum absolute atomic E-state index is 9.95. The molecule has 3 rings (SSSR count). The van der Waals surface area contributed by atoms with Crippen LogP contribution in [0.25, 0.3) is 11.0 Å². The molecule has 1 fully saturated rings. The zero-order valence-electron chi connectivity index (χ0n) is 11.7. The van der Waals surface area contributed by atoms with E-state index in [0.29, 0.717) is 10.0 Å². The molecule has 1 aromatic heterocycles. The highest BCUT2D eigenvalue weighted by Gasteiger charge is 2.21. The molecule has 0 unspecified atom stereocenters. The van der Waals surface area contributed by atoms with E-state index in [1.165, 1.54) is 0 Å². The molecule has 1 aliphatic heterocycles. The summed E-state index contributed by atoms with van der Waals surface area (Å²) in [5.41, 5.74) is 1.75. The monoisotopic (exact) mass is 327 g/mol. The first-order chi connectivity index (χ1) is 10.2. The summed E-state index contributed by atoms with van der Waals surface area (Å²) in [5, 5.41) is 14.4. The number of nitrogens with zero attached hydrogens (tertiary/aromatic N) is 2. The fourth-order valence-electron chi connectivity index (χ4n) is 2.96. The predicted octanol–water partition coefficient (Wildman–Crippen LogP) is 3.24. The van der Waals surface area contributed by atoms with E-state index >= 15 is 0 Å². The molecule has 0 bridgehead atoms. The number of hydrogen-bond donors (Lipinski definition) is 2. The maximum Gasteiger partial charge on any atom is 0.109 e. The fraction of sp³-hybridized carbons (Fsp3) is 0.533. The Morgan fingerprint density at radius 1 is 1.38 bits per heavy atom. The summed E-state index contributed by atoms with van der Waals surface area (Å²) in [6, 6.07) is 3.97. The molecule has 2 N–H and O–H groups in total. The molecule has 114 valence electrons. The zero-order chi connectivity index (χ0) is 14.8. The first-order valence-corrected chi connectivity index (χ1v) is 8.12. The summed E-state index contributed by atoms with van der Waals surface area (Å²) in [4.78, 5) is 4.34. The van der Waals surface area contributed by atoms with E-state index < -0.39 is 0 Å².